The SMILES string of the molecule is CC[C@H](NC(=O)c1cc(C)c(C)o1)C(=O)N[C@H](CO)C(=O)N[C@H]1CCNC(=O)[C@H]([C@@H](C)O)NC(=O)[C@H](CCN)NC(=O)[C@H](CCN)NC(=O)[C@H](CC(C)C)NC(=O)[C@@H](Cc2ccccc2)NC(=O)[C@H](CCN)NC1=O. The van der Waals surface area contributed by atoms with E-state index in [1.807, 2.05) is 0 Å². The van der Waals surface area contributed by atoms with Crippen LogP contribution >= 0.6 is 0 Å². The van der Waals surface area contributed by atoms with Crippen molar-refractivity contribution in [2.24, 2.45) is 23.1 Å². The topological polar surface area (TPSA) is 423 Å². The highest BCUT2D eigenvalue weighted by molar-refractivity contribution is 5.99. The van der Waals surface area contributed by atoms with E-state index in [9.17, 15) is 58.2 Å². The summed E-state index contributed by atoms with van der Waals surface area (Å²) in [6.45, 7) is 7.89. The van der Waals surface area contributed by atoms with Gasteiger partial charge in [0.25, 0.3) is 5.91 Å². The number of aliphatic hydroxyl groups excluding tert-OH is 2. The Balaban J connectivity index is 2.08. The van der Waals surface area contributed by atoms with Crippen molar-refractivity contribution in [3.8, 4) is 0 Å². The Labute approximate surface area is 435 Å². The van der Waals surface area contributed by atoms with Crippen molar-refractivity contribution >= 4 is 59.1 Å². The molecule has 1 aromatic heterocycles. The Morgan fingerprint density at radius 3 is 1.68 bits per heavy atom. The molecule has 416 valence electrons. The molecule has 0 saturated carbocycles. The van der Waals surface area contributed by atoms with Crippen LogP contribution in [0.4, 0.5) is 0 Å². The third-order valence-electron chi connectivity index (χ3n) is 12.2. The second-order valence-electron chi connectivity index (χ2n) is 18.8. The van der Waals surface area contributed by atoms with Crippen LogP contribution in [-0.4, -0.2) is 163 Å². The molecule has 26 nitrogen and oxygen atoms in total. The van der Waals surface area contributed by atoms with Crippen LogP contribution < -0.4 is 70.4 Å². The molecule has 26 heteroatoms. The van der Waals surface area contributed by atoms with Crippen LogP contribution in [0.15, 0.2) is 40.8 Å². The fourth-order valence-electron chi connectivity index (χ4n) is 7.81. The van der Waals surface area contributed by atoms with Crippen molar-refractivity contribution in [3.63, 3.8) is 0 Å². The number of carbonyl (C=O) groups excluding carboxylic acids is 10. The zero-order valence-corrected chi connectivity index (χ0v) is 43.4. The fourth-order valence-corrected chi connectivity index (χ4v) is 7.81. The first-order valence-corrected chi connectivity index (χ1v) is 25.1. The summed E-state index contributed by atoms with van der Waals surface area (Å²) in [5.74, 6) is -8.79. The highest BCUT2D eigenvalue weighted by atomic mass is 16.4. The van der Waals surface area contributed by atoms with E-state index in [4.69, 9.17) is 21.6 Å². The van der Waals surface area contributed by atoms with Gasteiger partial charge in [0.2, 0.25) is 53.2 Å². The van der Waals surface area contributed by atoms with Crippen molar-refractivity contribution in [1.82, 2.24) is 53.2 Å². The predicted molar refractivity (Wildman–Crippen MR) is 272 cm³/mol. The van der Waals surface area contributed by atoms with Gasteiger partial charge in [-0.3, -0.25) is 47.9 Å². The van der Waals surface area contributed by atoms with E-state index in [1.54, 1.807) is 65.0 Å². The first-order valence-electron chi connectivity index (χ1n) is 25.1. The Morgan fingerprint density at radius 2 is 1.19 bits per heavy atom. The molecule has 2 aromatic rings. The van der Waals surface area contributed by atoms with Gasteiger partial charge in [-0.25, -0.2) is 0 Å². The zero-order chi connectivity index (χ0) is 55.9. The average molecular weight is 1060 g/mol. The van der Waals surface area contributed by atoms with E-state index in [0.717, 1.165) is 0 Å². The lowest BCUT2D eigenvalue weighted by Gasteiger charge is -2.28. The molecular weight excluding hydrogens is 979 g/mol. The summed E-state index contributed by atoms with van der Waals surface area (Å²) < 4.78 is 5.46. The smallest absolute Gasteiger partial charge is 0.287 e. The summed E-state index contributed by atoms with van der Waals surface area (Å²) in [4.78, 5) is 138. The number of aryl methyl sites for hydroxylation is 2. The Morgan fingerprint density at radius 1 is 0.680 bits per heavy atom. The number of hydrogen-bond donors (Lipinski definition) is 15. The van der Waals surface area contributed by atoms with E-state index < -0.39 is 139 Å². The van der Waals surface area contributed by atoms with Crippen LogP contribution in [0.3, 0.4) is 0 Å². The molecule has 0 bridgehead atoms. The lowest BCUT2D eigenvalue weighted by atomic mass is 10.00. The van der Waals surface area contributed by atoms with Gasteiger partial charge < -0.3 is 85.0 Å². The van der Waals surface area contributed by atoms with Gasteiger partial charge in [-0.15, -0.1) is 0 Å². The molecule has 1 fully saturated rings. The van der Waals surface area contributed by atoms with Gasteiger partial charge in [0, 0.05) is 13.0 Å². The van der Waals surface area contributed by atoms with Crippen molar-refractivity contribution in [2.45, 2.75) is 147 Å². The van der Waals surface area contributed by atoms with Crippen LogP contribution in [0.5, 0.6) is 0 Å². The van der Waals surface area contributed by atoms with Gasteiger partial charge in [0.05, 0.1) is 12.7 Å². The van der Waals surface area contributed by atoms with Gasteiger partial charge in [-0.05, 0) is 102 Å². The van der Waals surface area contributed by atoms with Crippen LogP contribution in [0, 0.1) is 19.8 Å². The van der Waals surface area contributed by atoms with Crippen molar-refractivity contribution in [3.05, 3.63) is 59.0 Å². The van der Waals surface area contributed by atoms with Gasteiger partial charge in [0.15, 0.2) is 5.76 Å². The third kappa shape index (κ3) is 19.7. The van der Waals surface area contributed by atoms with Crippen LogP contribution in [0.25, 0.3) is 0 Å². The summed E-state index contributed by atoms with van der Waals surface area (Å²) in [5.41, 5.74) is 18.9. The molecule has 3 rings (SSSR count). The highest BCUT2D eigenvalue weighted by Crippen LogP contribution is 2.14. The minimum absolute atomic E-state index is 0.0402. The van der Waals surface area contributed by atoms with Crippen molar-refractivity contribution in [1.29, 1.82) is 0 Å². The first-order chi connectivity index (χ1) is 35.6. The molecule has 2 heterocycles. The highest BCUT2D eigenvalue weighted by Gasteiger charge is 2.36. The molecular formula is C49H77N13O13. The molecule has 75 heavy (non-hydrogen) atoms. The quantitative estimate of drug-likeness (QED) is 0.0631. The molecule has 10 atom stereocenters. The van der Waals surface area contributed by atoms with Gasteiger partial charge in [0.1, 0.15) is 60.1 Å². The normalized spacial score (nSPS) is 23.1. The lowest BCUT2D eigenvalue weighted by Crippen LogP contribution is -2.61. The molecule has 1 aliphatic rings. The van der Waals surface area contributed by atoms with E-state index in [1.165, 1.54) is 13.0 Å². The first kappa shape index (κ1) is 62.3. The molecule has 1 saturated heterocycles. The summed E-state index contributed by atoms with van der Waals surface area (Å²) in [5, 5.41) is 46.3. The molecule has 1 aromatic carbocycles. The number of rotatable bonds is 19. The Bertz CT molecular complexity index is 2260. The maximum absolute atomic E-state index is 14.3. The van der Waals surface area contributed by atoms with Gasteiger partial charge in [-0.1, -0.05) is 51.1 Å². The summed E-state index contributed by atoms with van der Waals surface area (Å²) in [7, 11) is 0. The van der Waals surface area contributed by atoms with E-state index in [0.29, 0.717) is 16.9 Å². The second-order valence-corrected chi connectivity index (χ2v) is 18.8. The minimum atomic E-state index is -1.72. The van der Waals surface area contributed by atoms with Crippen LogP contribution in [-0.2, 0) is 49.6 Å². The predicted octanol–water partition coefficient (Wildman–Crippen LogP) is -4.49. The summed E-state index contributed by atoms with van der Waals surface area (Å²) in [6.07, 6.45) is -2.49. The largest absolute Gasteiger partial charge is 0.456 e. The number of nitrogens with two attached hydrogens (primary N) is 3. The van der Waals surface area contributed by atoms with Crippen LogP contribution in [0.2, 0.25) is 0 Å². The number of carbonyl (C=O) groups is 10. The number of furan rings is 1. The molecule has 0 radical (unpaired) electrons. The van der Waals surface area contributed by atoms with Gasteiger partial charge in [-0.2, -0.15) is 0 Å². The molecule has 0 spiro atoms. The van der Waals surface area contributed by atoms with Crippen LogP contribution in [0.1, 0.15) is 93.7 Å². The maximum Gasteiger partial charge on any atom is 0.287 e. The van der Waals surface area contributed by atoms with Crippen molar-refractivity contribution in [2.75, 3.05) is 32.8 Å². The standard InChI is InChI=1S/C49H77N13O13/c1-7-30(54-48(73)38-22-26(4)28(6)75-38)40(65)61-37(24-63)47(72)58-34-16-20-53-49(74)39(27(5)64)62-44(69)33(15-19-52)56-41(66)31(13-17-50)57-45(70)35(21-25(2)3)59-46(71)36(23-29-11-9-8-10-12-29)60-42(67)32(14-18-51)55-43(34)68/h8-12,22,25,27,30-37,39,63-64H,7,13-21,23-24,50-52H2,1-6H3,(H,53,74)(H,54,73)(H,55,68)(H,56,66)(H,57,70)(H,58,72)(H,59,71)(H,60,67)(H,61,65)(H,62,69)/t27-,30+,31+,32+,33+,34+,35+,36-,37-,39+/m1/s1. The van der Waals surface area contributed by atoms with Crippen molar-refractivity contribution < 1.29 is 62.6 Å². The lowest BCUT2D eigenvalue weighted by molar-refractivity contribution is -0.136. The summed E-state index contributed by atoms with van der Waals surface area (Å²) >= 11 is 0. The molecule has 0 aliphatic carbocycles. The monoisotopic (exact) mass is 1060 g/mol. The van der Waals surface area contributed by atoms with E-state index in [-0.39, 0.29) is 69.8 Å². The average Bonchev–Trinajstić information content (AvgIpc) is 3.71. The number of amides is 10. The molecule has 10 amide bonds. The number of aliphatic hydroxyl groups is 2. The van der Waals surface area contributed by atoms with E-state index in [2.05, 4.69) is 53.2 Å². The molecule has 0 unspecified atom stereocenters. The van der Waals surface area contributed by atoms with E-state index >= 15 is 0 Å². The minimum Gasteiger partial charge on any atom is -0.456 e. The number of hydrogen-bond acceptors (Lipinski definition) is 16. The fraction of sp³-hybridized carbons (Fsp3) is 0.592. The second kappa shape index (κ2) is 31.0. The number of nitrogens with one attached hydrogen (secondary N) is 10. The third-order valence-corrected chi connectivity index (χ3v) is 12.2. The van der Waals surface area contributed by atoms with Gasteiger partial charge >= 0.3 is 0 Å². The Kier molecular flexibility index (Phi) is 25.8. The maximum atomic E-state index is 14.3. The Hall–Kier alpha value is -7.00. The molecule has 1 aliphatic heterocycles. The number of benzene rings is 1. The summed E-state index contributed by atoms with van der Waals surface area (Å²) in [6, 6.07) is -3.09. The molecule has 18 N–H and O–H groups in total. The zero-order valence-electron chi connectivity index (χ0n) is 43.4.